The van der Waals surface area contributed by atoms with Crippen LogP contribution in [0.3, 0.4) is 0 Å². The second-order valence-corrected chi connectivity index (χ2v) is 19.9. The van der Waals surface area contributed by atoms with E-state index in [4.69, 9.17) is 9.47 Å². The highest BCUT2D eigenvalue weighted by Crippen LogP contribution is 2.38. The molecule has 14 nitrogen and oxygen atoms in total. The van der Waals surface area contributed by atoms with Crippen molar-refractivity contribution in [1.29, 1.82) is 0 Å². The topological polar surface area (TPSA) is 174 Å². The monoisotopic (exact) mass is 1110 g/mol. The third-order valence-electron chi connectivity index (χ3n) is 13.8. The van der Waals surface area contributed by atoms with Gasteiger partial charge in [0.05, 0.1) is 73.5 Å². The number of carbonyl (C=O) groups is 3. The lowest BCUT2D eigenvalue weighted by molar-refractivity contribution is -0.132. The number of fused-ring (bicyclic) bond motifs is 2. The standard InChI is InChI=1S/C29H28F4N4O3.C29H26F4N4O3/c2*1-16-12-18(8-9-19(16)25(38)13-17-6-7-17)24-15-35-28-23(34-11-10-29(31,32)33)14-22(36-37(24)28)26(39)20-4-3-5-21(30)27(20)40-2/h3-5,8-9,12,14-15,17,26,34,39H,6-7,10-11,13H2,1-2H3;3-5,8-9,12,14-15,17,34H,6-7,10-11,13H2,1-2H3. The lowest BCUT2D eigenvalue weighted by atomic mass is 9.98. The van der Waals surface area contributed by atoms with Gasteiger partial charge in [0.15, 0.2) is 46.0 Å². The number of Topliss-reactive ketones (excluding diaryl/α,β-unsaturated/α-hetero) is 2. The van der Waals surface area contributed by atoms with Gasteiger partial charge in [-0.05, 0) is 105 Å². The second-order valence-electron chi connectivity index (χ2n) is 19.9. The zero-order chi connectivity index (χ0) is 57.2. The van der Waals surface area contributed by atoms with E-state index in [-0.39, 0.29) is 68.2 Å². The van der Waals surface area contributed by atoms with Crippen LogP contribution in [-0.2, 0) is 0 Å². The molecule has 4 aromatic carbocycles. The largest absolute Gasteiger partial charge is 0.493 e. The fraction of sp³-hybridized carbons (Fsp3) is 0.328. The number of methoxy groups -OCH3 is 2. The van der Waals surface area contributed by atoms with E-state index in [0.717, 1.165) is 42.9 Å². The van der Waals surface area contributed by atoms with Gasteiger partial charge in [-0.1, -0.05) is 42.5 Å². The molecule has 80 heavy (non-hydrogen) atoms. The van der Waals surface area contributed by atoms with Gasteiger partial charge >= 0.3 is 12.4 Å². The number of aliphatic hydroxyl groups is 1. The molecule has 0 saturated heterocycles. The Bertz CT molecular complexity index is 3640. The number of imidazole rings is 2. The summed E-state index contributed by atoms with van der Waals surface area (Å²) in [7, 11) is 2.50. The molecule has 4 heterocycles. The maximum Gasteiger partial charge on any atom is 0.390 e. The number of halogens is 8. The number of aliphatic hydroxyl groups excluding tert-OH is 1. The van der Waals surface area contributed by atoms with Gasteiger partial charge in [0.25, 0.3) is 0 Å². The third-order valence-corrected chi connectivity index (χ3v) is 13.8. The van der Waals surface area contributed by atoms with Crippen molar-refractivity contribution in [1.82, 2.24) is 29.2 Å². The fourth-order valence-corrected chi connectivity index (χ4v) is 9.34. The van der Waals surface area contributed by atoms with Crippen LogP contribution in [0.5, 0.6) is 11.5 Å². The third kappa shape index (κ3) is 12.9. The molecule has 418 valence electrons. The Balaban J connectivity index is 0.000000194. The number of nitrogens with one attached hydrogen (secondary N) is 2. The Labute approximate surface area is 453 Å². The van der Waals surface area contributed by atoms with Gasteiger partial charge in [-0.25, -0.2) is 27.8 Å². The second kappa shape index (κ2) is 23.2. The number of alkyl halides is 6. The van der Waals surface area contributed by atoms with Crippen LogP contribution in [0.2, 0.25) is 0 Å². The van der Waals surface area contributed by atoms with Crippen LogP contribution in [0.15, 0.2) is 97.3 Å². The zero-order valence-electron chi connectivity index (χ0n) is 43.7. The number of aryl methyl sites for hydroxylation is 2. The lowest BCUT2D eigenvalue weighted by Gasteiger charge is -2.17. The molecule has 10 rings (SSSR count). The first-order valence-corrected chi connectivity index (χ1v) is 25.7. The number of nitrogens with zero attached hydrogens (tertiary/aromatic N) is 6. The van der Waals surface area contributed by atoms with Crippen LogP contribution in [0.25, 0.3) is 33.8 Å². The first-order valence-electron chi connectivity index (χ1n) is 25.7. The van der Waals surface area contributed by atoms with Crippen molar-refractivity contribution >= 4 is 40.0 Å². The smallest absolute Gasteiger partial charge is 0.390 e. The van der Waals surface area contributed by atoms with Gasteiger partial charge in [0.1, 0.15) is 11.8 Å². The molecule has 0 radical (unpaired) electrons. The van der Waals surface area contributed by atoms with Crippen LogP contribution in [0, 0.1) is 37.3 Å². The van der Waals surface area contributed by atoms with Crippen LogP contribution in [-0.4, -0.2) is 91.3 Å². The average molecular weight is 1110 g/mol. The van der Waals surface area contributed by atoms with E-state index >= 15 is 0 Å². The number of anilines is 2. The number of hydrogen-bond acceptors (Lipinski definition) is 12. The Morgan fingerprint density at radius 2 is 1.11 bits per heavy atom. The minimum atomic E-state index is -4.39. The molecule has 0 bridgehead atoms. The van der Waals surface area contributed by atoms with Gasteiger partial charge in [0.2, 0.25) is 5.78 Å². The molecule has 0 spiro atoms. The number of benzene rings is 4. The normalized spacial score (nSPS) is 13.9. The average Bonchev–Trinajstić information content (AvgIpc) is 4.42. The molecule has 0 amide bonds. The van der Waals surface area contributed by atoms with Gasteiger partial charge in [-0.2, -0.15) is 36.5 Å². The summed E-state index contributed by atoms with van der Waals surface area (Å²) in [5, 5.41) is 25.6. The van der Waals surface area contributed by atoms with Crippen molar-refractivity contribution < 1.29 is 64.1 Å². The summed E-state index contributed by atoms with van der Waals surface area (Å²) in [5.74, 6) is -1.47. The molecule has 22 heteroatoms. The van der Waals surface area contributed by atoms with E-state index in [1.54, 1.807) is 24.3 Å². The molecule has 1 atom stereocenters. The molecule has 0 aliphatic heterocycles. The van der Waals surface area contributed by atoms with Gasteiger partial charge < -0.3 is 25.2 Å². The SMILES string of the molecule is COc1c(F)cccc1C(=O)c1cc(NCCC(F)(F)F)c2ncc(-c3ccc(C(=O)CC4CC4)c(C)c3)n2n1.COc1c(F)cccc1C(O)c1cc(NCCC(F)(F)F)c2ncc(-c3ccc(C(=O)CC4CC4)c(C)c3)n2n1. The molecule has 2 aliphatic rings. The quantitative estimate of drug-likeness (QED) is 0.0487. The number of ketones is 3. The number of para-hydroxylation sites is 2. The van der Waals surface area contributed by atoms with E-state index in [1.165, 1.54) is 78.1 Å². The van der Waals surface area contributed by atoms with E-state index in [1.807, 2.05) is 26.0 Å². The molecule has 2 fully saturated rings. The summed E-state index contributed by atoms with van der Waals surface area (Å²) in [6, 6.07) is 21.3. The highest BCUT2D eigenvalue weighted by molar-refractivity contribution is 6.10. The predicted octanol–water partition coefficient (Wildman–Crippen LogP) is 12.7. The van der Waals surface area contributed by atoms with E-state index < -0.39 is 61.8 Å². The van der Waals surface area contributed by atoms with Crippen LogP contribution < -0.4 is 20.1 Å². The Morgan fingerprint density at radius 3 is 1.59 bits per heavy atom. The summed E-state index contributed by atoms with van der Waals surface area (Å²) in [6.45, 7) is 2.78. The minimum absolute atomic E-state index is 0.0399. The molecular formula is C58H54F8N8O6. The fourth-order valence-electron chi connectivity index (χ4n) is 9.34. The minimum Gasteiger partial charge on any atom is -0.493 e. The summed E-state index contributed by atoms with van der Waals surface area (Å²) >= 11 is 0. The Hall–Kier alpha value is -8.27. The predicted molar refractivity (Wildman–Crippen MR) is 281 cm³/mol. The van der Waals surface area contributed by atoms with Crippen molar-refractivity contribution in [3.05, 3.63) is 154 Å². The van der Waals surface area contributed by atoms with E-state index in [2.05, 4.69) is 30.8 Å². The maximum absolute atomic E-state index is 14.4. The van der Waals surface area contributed by atoms with Crippen molar-refractivity contribution in [2.24, 2.45) is 11.8 Å². The van der Waals surface area contributed by atoms with Crippen LogP contribution in [0.1, 0.15) is 117 Å². The number of carbonyl (C=O) groups excluding carboxylic acids is 3. The zero-order valence-corrected chi connectivity index (χ0v) is 43.7. The molecule has 2 saturated carbocycles. The van der Waals surface area contributed by atoms with Crippen molar-refractivity contribution in [3.8, 4) is 34.0 Å². The number of aromatic nitrogens is 6. The molecule has 8 aromatic rings. The van der Waals surface area contributed by atoms with Gasteiger partial charge in [-0.15, -0.1) is 0 Å². The maximum atomic E-state index is 14.4. The number of rotatable bonds is 20. The van der Waals surface area contributed by atoms with Crippen LogP contribution >= 0.6 is 0 Å². The Morgan fingerprint density at radius 1 is 0.637 bits per heavy atom. The molecule has 2 aliphatic carbocycles. The highest BCUT2D eigenvalue weighted by atomic mass is 19.4. The summed E-state index contributed by atoms with van der Waals surface area (Å²) < 4.78 is 119. The molecule has 1 unspecified atom stereocenters. The number of hydrogen-bond donors (Lipinski definition) is 3. The van der Waals surface area contributed by atoms with Crippen molar-refractivity contribution in [3.63, 3.8) is 0 Å². The van der Waals surface area contributed by atoms with Gasteiger partial charge in [0, 0.05) is 53.7 Å². The van der Waals surface area contributed by atoms with Crippen molar-refractivity contribution in [2.75, 3.05) is 37.9 Å². The number of ether oxygens (including phenoxy) is 2. The summed E-state index contributed by atoms with van der Waals surface area (Å²) in [6.07, 6.45) is -4.07. The van der Waals surface area contributed by atoms with E-state index in [9.17, 15) is 54.6 Å². The first-order chi connectivity index (χ1) is 38.1. The van der Waals surface area contributed by atoms with Crippen LogP contribution in [0.4, 0.5) is 46.5 Å². The van der Waals surface area contributed by atoms with Crippen molar-refractivity contribution in [2.45, 2.75) is 83.7 Å². The Kier molecular flexibility index (Phi) is 16.4. The van der Waals surface area contributed by atoms with Gasteiger partial charge in [-0.3, -0.25) is 14.4 Å². The highest BCUT2D eigenvalue weighted by Gasteiger charge is 2.31. The molecule has 4 aromatic heterocycles. The summed E-state index contributed by atoms with van der Waals surface area (Å²) in [4.78, 5) is 47.6. The van der Waals surface area contributed by atoms with E-state index in [0.29, 0.717) is 58.3 Å². The lowest BCUT2D eigenvalue weighted by Crippen LogP contribution is -2.16. The first kappa shape index (κ1) is 56.5. The molecule has 3 N–H and O–H groups in total. The molecular weight excluding hydrogens is 1060 g/mol. The summed E-state index contributed by atoms with van der Waals surface area (Å²) in [5.41, 5.74) is 5.79.